The third kappa shape index (κ3) is 5.05. The van der Waals surface area contributed by atoms with Gasteiger partial charge in [-0.25, -0.2) is 0 Å². The molecule has 0 aromatic heterocycles. The van der Waals surface area contributed by atoms with Gasteiger partial charge in [-0.2, -0.15) is 0 Å². The Morgan fingerprint density at radius 1 is 1.16 bits per heavy atom. The Bertz CT molecular complexity index is 471. The van der Waals surface area contributed by atoms with Crippen molar-refractivity contribution in [1.29, 1.82) is 0 Å². The van der Waals surface area contributed by atoms with Crippen LogP contribution in [0, 0.1) is 0 Å². The number of benzene rings is 1. The first-order chi connectivity index (χ1) is 9.06. The minimum absolute atomic E-state index is 0.115. The molecule has 0 saturated heterocycles. The Hall–Kier alpha value is -1.95. The van der Waals surface area contributed by atoms with Crippen LogP contribution in [-0.2, 0) is 4.79 Å². The van der Waals surface area contributed by atoms with E-state index in [0.29, 0.717) is 18.5 Å². The van der Waals surface area contributed by atoms with Gasteiger partial charge in [-0.1, -0.05) is 6.92 Å². The number of carbonyl (C=O) groups is 2. The quantitative estimate of drug-likeness (QED) is 0.733. The van der Waals surface area contributed by atoms with Crippen molar-refractivity contribution in [2.75, 3.05) is 11.9 Å². The maximum Gasteiger partial charge on any atom is 0.251 e. The Balaban J connectivity index is 2.59. The lowest BCUT2D eigenvalue weighted by molar-refractivity contribution is -0.119. The zero-order valence-electron chi connectivity index (χ0n) is 10.9. The maximum absolute atomic E-state index is 11.5. The summed E-state index contributed by atoms with van der Waals surface area (Å²) in [4.78, 5) is 22.7. The molecule has 1 aromatic carbocycles. The SMILES string of the molecule is CCNC(=O)c1ccc(NC(=S)NC(=O)CC)cc1. The van der Waals surface area contributed by atoms with Gasteiger partial charge in [-0.05, 0) is 43.4 Å². The Morgan fingerprint density at radius 3 is 2.32 bits per heavy atom. The Morgan fingerprint density at radius 2 is 1.79 bits per heavy atom. The van der Waals surface area contributed by atoms with Gasteiger partial charge in [0.15, 0.2) is 5.11 Å². The van der Waals surface area contributed by atoms with Crippen LogP contribution >= 0.6 is 12.2 Å². The van der Waals surface area contributed by atoms with Crippen LogP contribution < -0.4 is 16.0 Å². The molecule has 0 saturated carbocycles. The van der Waals surface area contributed by atoms with Gasteiger partial charge in [0.1, 0.15) is 0 Å². The van der Waals surface area contributed by atoms with Crippen LogP contribution in [0.5, 0.6) is 0 Å². The van der Waals surface area contributed by atoms with Gasteiger partial charge in [0, 0.05) is 24.2 Å². The molecule has 0 heterocycles. The lowest BCUT2D eigenvalue weighted by Gasteiger charge is -2.09. The molecule has 102 valence electrons. The van der Waals surface area contributed by atoms with E-state index in [9.17, 15) is 9.59 Å². The fourth-order valence-corrected chi connectivity index (χ4v) is 1.58. The first-order valence-electron chi connectivity index (χ1n) is 6.06. The molecular formula is C13H17N3O2S. The van der Waals surface area contributed by atoms with Crippen LogP contribution in [0.25, 0.3) is 0 Å². The molecule has 3 N–H and O–H groups in total. The predicted molar refractivity (Wildman–Crippen MR) is 79.1 cm³/mol. The average Bonchev–Trinajstić information content (AvgIpc) is 2.39. The highest BCUT2D eigenvalue weighted by Crippen LogP contribution is 2.09. The molecule has 5 nitrogen and oxygen atoms in total. The highest BCUT2D eigenvalue weighted by molar-refractivity contribution is 7.80. The standard InChI is InChI=1S/C13H17N3O2S/c1-3-11(17)16-13(19)15-10-7-5-9(6-8-10)12(18)14-4-2/h5-8H,3-4H2,1-2H3,(H,14,18)(H2,15,16,17,19). The zero-order chi connectivity index (χ0) is 14.3. The van der Waals surface area contributed by atoms with Crippen molar-refractivity contribution in [3.05, 3.63) is 29.8 Å². The second-order valence-corrected chi connectivity index (χ2v) is 4.20. The van der Waals surface area contributed by atoms with Crippen molar-refractivity contribution in [1.82, 2.24) is 10.6 Å². The number of thiocarbonyl (C=S) groups is 1. The Kier molecular flexibility index (Phi) is 5.95. The summed E-state index contributed by atoms with van der Waals surface area (Å²) in [5.41, 5.74) is 1.30. The molecule has 6 heteroatoms. The first kappa shape index (κ1) is 15.1. The van der Waals surface area contributed by atoms with Crippen molar-refractivity contribution < 1.29 is 9.59 Å². The first-order valence-corrected chi connectivity index (χ1v) is 6.46. The largest absolute Gasteiger partial charge is 0.352 e. The molecule has 1 rings (SSSR count). The molecule has 0 aliphatic rings. The minimum Gasteiger partial charge on any atom is -0.352 e. The second kappa shape index (κ2) is 7.48. The molecule has 0 bridgehead atoms. The summed E-state index contributed by atoms with van der Waals surface area (Å²) in [6.45, 7) is 4.20. The summed E-state index contributed by atoms with van der Waals surface area (Å²) in [7, 11) is 0. The zero-order valence-corrected chi connectivity index (χ0v) is 11.8. The fourth-order valence-electron chi connectivity index (χ4n) is 1.34. The fraction of sp³-hybridized carbons (Fsp3) is 0.308. The molecule has 0 fully saturated rings. The molecule has 19 heavy (non-hydrogen) atoms. The number of rotatable bonds is 4. The van der Waals surface area contributed by atoms with E-state index in [1.54, 1.807) is 31.2 Å². The second-order valence-electron chi connectivity index (χ2n) is 3.79. The number of anilines is 1. The topological polar surface area (TPSA) is 70.2 Å². The maximum atomic E-state index is 11.5. The van der Waals surface area contributed by atoms with E-state index in [2.05, 4.69) is 16.0 Å². The highest BCUT2D eigenvalue weighted by Gasteiger charge is 2.05. The van der Waals surface area contributed by atoms with E-state index in [0.717, 1.165) is 5.69 Å². The van der Waals surface area contributed by atoms with E-state index >= 15 is 0 Å². The van der Waals surface area contributed by atoms with Gasteiger partial charge in [0.2, 0.25) is 5.91 Å². The summed E-state index contributed by atoms with van der Waals surface area (Å²) in [6, 6.07) is 6.85. The predicted octanol–water partition coefficient (Wildman–Crippen LogP) is 1.66. The van der Waals surface area contributed by atoms with Crippen LogP contribution in [0.4, 0.5) is 5.69 Å². The number of carbonyl (C=O) groups excluding carboxylic acids is 2. The van der Waals surface area contributed by atoms with E-state index in [4.69, 9.17) is 12.2 Å². The van der Waals surface area contributed by atoms with Crippen molar-refractivity contribution in [3.8, 4) is 0 Å². The number of hydrogen-bond donors (Lipinski definition) is 3. The van der Waals surface area contributed by atoms with E-state index < -0.39 is 0 Å². The highest BCUT2D eigenvalue weighted by atomic mass is 32.1. The van der Waals surface area contributed by atoms with E-state index in [-0.39, 0.29) is 16.9 Å². The van der Waals surface area contributed by atoms with Crippen LogP contribution in [0.3, 0.4) is 0 Å². The van der Waals surface area contributed by atoms with Gasteiger partial charge >= 0.3 is 0 Å². The number of amides is 2. The lowest BCUT2D eigenvalue weighted by atomic mass is 10.2. The Labute approximate surface area is 117 Å². The smallest absolute Gasteiger partial charge is 0.251 e. The lowest BCUT2D eigenvalue weighted by Crippen LogP contribution is -2.33. The molecule has 0 unspecified atom stereocenters. The summed E-state index contributed by atoms with van der Waals surface area (Å²) < 4.78 is 0. The molecule has 0 atom stereocenters. The van der Waals surface area contributed by atoms with Gasteiger partial charge in [0.05, 0.1) is 0 Å². The number of nitrogens with one attached hydrogen (secondary N) is 3. The van der Waals surface area contributed by atoms with Crippen LogP contribution in [0.15, 0.2) is 24.3 Å². The third-order valence-electron chi connectivity index (χ3n) is 2.32. The van der Waals surface area contributed by atoms with E-state index in [1.807, 2.05) is 6.92 Å². The van der Waals surface area contributed by atoms with Gasteiger partial charge in [-0.15, -0.1) is 0 Å². The summed E-state index contributed by atoms with van der Waals surface area (Å²) in [6.07, 6.45) is 0.373. The van der Waals surface area contributed by atoms with E-state index in [1.165, 1.54) is 0 Å². The van der Waals surface area contributed by atoms with Crippen molar-refractivity contribution in [2.24, 2.45) is 0 Å². The minimum atomic E-state index is -0.142. The molecule has 1 aromatic rings. The molecule has 0 aliphatic carbocycles. The molecule has 0 aliphatic heterocycles. The van der Waals surface area contributed by atoms with Crippen molar-refractivity contribution in [3.63, 3.8) is 0 Å². The monoisotopic (exact) mass is 279 g/mol. The summed E-state index contributed by atoms with van der Waals surface area (Å²) >= 11 is 4.98. The molecule has 0 radical (unpaired) electrons. The molecule has 2 amide bonds. The van der Waals surface area contributed by atoms with Gasteiger partial charge in [0.25, 0.3) is 5.91 Å². The van der Waals surface area contributed by atoms with Gasteiger partial charge in [-0.3, -0.25) is 9.59 Å². The average molecular weight is 279 g/mol. The van der Waals surface area contributed by atoms with Gasteiger partial charge < -0.3 is 16.0 Å². The van der Waals surface area contributed by atoms with Crippen LogP contribution in [0.1, 0.15) is 30.6 Å². The van der Waals surface area contributed by atoms with Crippen LogP contribution in [0.2, 0.25) is 0 Å². The van der Waals surface area contributed by atoms with Crippen molar-refractivity contribution >= 4 is 34.8 Å². The summed E-state index contributed by atoms with van der Waals surface area (Å²) in [5, 5.41) is 8.37. The summed E-state index contributed by atoms with van der Waals surface area (Å²) in [5.74, 6) is -0.257. The van der Waals surface area contributed by atoms with Crippen LogP contribution in [-0.4, -0.2) is 23.5 Å². The molecule has 0 spiro atoms. The third-order valence-corrected chi connectivity index (χ3v) is 2.52. The van der Waals surface area contributed by atoms with Crippen molar-refractivity contribution in [2.45, 2.75) is 20.3 Å². The molecular weight excluding hydrogens is 262 g/mol. The number of hydrogen-bond acceptors (Lipinski definition) is 3. The normalized spacial score (nSPS) is 9.58.